The number of aryl methyl sites for hydroxylation is 2. The van der Waals surface area contributed by atoms with Crippen molar-refractivity contribution in [3.63, 3.8) is 0 Å². The smallest absolute Gasteiger partial charge is 0.0949 e. The molecule has 0 aromatic carbocycles. The molecule has 5 nitrogen and oxygen atoms in total. The summed E-state index contributed by atoms with van der Waals surface area (Å²) >= 11 is 0. The van der Waals surface area contributed by atoms with Crippen molar-refractivity contribution in [2.75, 3.05) is 0 Å². The number of nitrogens with two attached hydrogens (primary N) is 1. The van der Waals surface area contributed by atoms with Gasteiger partial charge in [0.15, 0.2) is 0 Å². The normalized spacial score (nSPS) is 13.1. The highest BCUT2D eigenvalue weighted by atomic mass is 15.1. The van der Waals surface area contributed by atoms with Gasteiger partial charge in [-0.25, -0.2) is 9.97 Å². The Morgan fingerprint density at radius 3 is 2.72 bits per heavy atom. The predicted octanol–water partition coefficient (Wildman–Crippen LogP) is 1.83. The van der Waals surface area contributed by atoms with E-state index in [-0.39, 0.29) is 6.04 Å². The first kappa shape index (κ1) is 12.8. The summed E-state index contributed by atoms with van der Waals surface area (Å²) in [7, 11) is 0. The topological polar surface area (TPSA) is 61.7 Å². The average Bonchev–Trinajstić information content (AvgIpc) is 2.96. The third kappa shape index (κ3) is 3.20. The van der Waals surface area contributed by atoms with E-state index >= 15 is 0 Å². The van der Waals surface area contributed by atoms with E-state index in [1.807, 2.05) is 25.0 Å². The fourth-order valence-corrected chi connectivity index (χ4v) is 2.10. The van der Waals surface area contributed by atoms with Crippen molar-refractivity contribution in [2.45, 2.75) is 39.4 Å². The molecule has 2 N–H and O–H groups in total. The first-order valence-corrected chi connectivity index (χ1v) is 6.38. The van der Waals surface area contributed by atoms with Crippen LogP contribution in [0.5, 0.6) is 0 Å². The van der Waals surface area contributed by atoms with Crippen molar-refractivity contribution in [1.29, 1.82) is 0 Å². The van der Waals surface area contributed by atoms with Crippen LogP contribution in [0.2, 0.25) is 0 Å². The Bertz CT molecular complexity index is 457. The maximum absolute atomic E-state index is 6.21. The minimum atomic E-state index is 0.0651. The lowest BCUT2D eigenvalue weighted by Gasteiger charge is -2.16. The van der Waals surface area contributed by atoms with Crippen LogP contribution in [0.25, 0.3) is 0 Å². The van der Waals surface area contributed by atoms with Crippen LogP contribution in [0.15, 0.2) is 31.2 Å². The second-order valence-electron chi connectivity index (χ2n) is 5.05. The second-order valence-corrected chi connectivity index (χ2v) is 5.05. The maximum Gasteiger partial charge on any atom is 0.0949 e. The van der Waals surface area contributed by atoms with Gasteiger partial charge in [-0.1, -0.05) is 13.8 Å². The Labute approximate surface area is 108 Å². The van der Waals surface area contributed by atoms with Crippen LogP contribution in [0.4, 0.5) is 0 Å². The molecule has 0 aliphatic rings. The van der Waals surface area contributed by atoms with E-state index < -0.39 is 0 Å². The number of rotatable bonds is 6. The quantitative estimate of drug-likeness (QED) is 0.847. The number of hydrogen-bond acceptors (Lipinski definition) is 3. The van der Waals surface area contributed by atoms with Gasteiger partial charge in [0.05, 0.1) is 18.3 Å². The van der Waals surface area contributed by atoms with Gasteiger partial charge in [-0.2, -0.15) is 0 Å². The Morgan fingerprint density at radius 1 is 1.22 bits per heavy atom. The molecule has 0 bridgehead atoms. The molecule has 98 valence electrons. The molecule has 1 atom stereocenters. The molecule has 2 rings (SSSR count). The van der Waals surface area contributed by atoms with Crippen molar-refractivity contribution in [3.05, 3.63) is 36.9 Å². The second kappa shape index (κ2) is 5.82. The molecule has 18 heavy (non-hydrogen) atoms. The first-order valence-electron chi connectivity index (χ1n) is 6.38. The molecule has 0 aliphatic carbocycles. The summed E-state index contributed by atoms with van der Waals surface area (Å²) in [5.41, 5.74) is 7.32. The molecular weight excluding hydrogens is 226 g/mol. The van der Waals surface area contributed by atoms with E-state index in [1.165, 1.54) is 0 Å². The summed E-state index contributed by atoms with van der Waals surface area (Å²) in [6.07, 6.45) is 10.3. The van der Waals surface area contributed by atoms with E-state index in [0.717, 1.165) is 25.2 Å². The van der Waals surface area contributed by atoms with Gasteiger partial charge in [0.2, 0.25) is 0 Å². The minimum absolute atomic E-state index is 0.0651. The lowest BCUT2D eigenvalue weighted by Crippen LogP contribution is -2.18. The number of aromatic nitrogens is 4. The van der Waals surface area contributed by atoms with Gasteiger partial charge in [0, 0.05) is 37.7 Å². The molecule has 0 spiro atoms. The Kier molecular flexibility index (Phi) is 4.15. The third-order valence-corrected chi connectivity index (χ3v) is 3.01. The molecule has 0 radical (unpaired) electrons. The fraction of sp³-hybridized carbons (Fsp3) is 0.538. The maximum atomic E-state index is 6.21. The van der Waals surface area contributed by atoms with Gasteiger partial charge in [-0.3, -0.25) is 0 Å². The van der Waals surface area contributed by atoms with Crippen LogP contribution < -0.4 is 5.73 Å². The summed E-state index contributed by atoms with van der Waals surface area (Å²) in [5.74, 6) is 0.594. The zero-order chi connectivity index (χ0) is 13.0. The Hall–Kier alpha value is -1.62. The van der Waals surface area contributed by atoms with Crippen LogP contribution in [0.1, 0.15) is 32.0 Å². The highest BCUT2D eigenvalue weighted by molar-refractivity contribution is 5.04. The highest BCUT2D eigenvalue weighted by Crippen LogP contribution is 2.18. The molecule has 0 amide bonds. The van der Waals surface area contributed by atoms with Gasteiger partial charge in [0.25, 0.3) is 0 Å². The van der Waals surface area contributed by atoms with Gasteiger partial charge in [-0.05, 0) is 12.3 Å². The zero-order valence-corrected chi connectivity index (χ0v) is 11.0. The Morgan fingerprint density at radius 2 is 2.06 bits per heavy atom. The van der Waals surface area contributed by atoms with E-state index in [4.69, 9.17) is 5.73 Å². The molecule has 2 aromatic heterocycles. The van der Waals surface area contributed by atoms with Crippen molar-refractivity contribution in [1.82, 2.24) is 19.1 Å². The van der Waals surface area contributed by atoms with Crippen LogP contribution in [-0.2, 0) is 13.1 Å². The third-order valence-electron chi connectivity index (χ3n) is 3.01. The lowest BCUT2D eigenvalue weighted by atomic mass is 10.0. The van der Waals surface area contributed by atoms with Crippen molar-refractivity contribution < 1.29 is 0 Å². The lowest BCUT2D eigenvalue weighted by molar-refractivity contribution is 0.473. The molecule has 0 saturated heterocycles. The van der Waals surface area contributed by atoms with E-state index in [2.05, 4.69) is 32.9 Å². The molecule has 0 saturated carbocycles. The summed E-state index contributed by atoms with van der Waals surface area (Å²) in [6.45, 7) is 6.13. The molecule has 1 unspecified atom stereocenters. The van der Waals surface area contributed by atoms with E-state index in [1.54, 1.807) is 6.20 Å². The molecule has 2 heterocycles. The molecule has 2 aromatic rings. The van der Waals surface area contributed by atoms with Crippen molar-refractivity contribution in [2.24, 2.45) is 11.7 Å². The molecular formula is C13H21N5. The van der Waals surface area contributed by atoms with Crippen LogP contribution in [0.3, 0.4) is 0 Å². The summed E-state index contributed by atoms with van der Waals surface area (Å²) < 4.78 is 4.19. The van der Waals surface area contributed by atoms with Gasteiger partial charge < -0.3 is 14.9 Å². The number of nitrogens with zero attached hydrogens (tertiary/aromatic N) is 4. The van der Waals surface area contributed by atoms with Crippen molar-refractivity contribution in [3.8, 4) is 0 Å². The van der Waals surface area contributed by atoms with Crippen LogP contribution in [-0.4, -0.2) is 19.1 Å². The minimum Gasteiger partial charge on any atom is -0.336 e. The number of hydrogen-bond donors (Lipinski definition) is 1. The molecule has 5 heteroatoms. The SMILES string of the molecule is CC(C)CC(N)c1cncn1CCn1ccnc1. The van der Waals surface area contributed by atoms with Crippen molar-refractivity contribution >= 4 is 0 Å². The summed E-state index contributed by atoms with van der Waals surface area (Å²) in [4.78, 5) is 8.24. The van der Waals surface area contributed by atoms with Crippen LogP contribution >= 0.6 is 0 Å². The van der Waals surface area contributed by atoms with Gasteiger partial charge in [0.1, 0.15) is 0 Å². The fourth-order valence-electron chi connectivity index (χ4n) is 2.10. The average molecular weight is 247 g/mol. The number of imidazole rings is 2. The van der Waals surface area contributed by atoms with Crippen LogP contribution in [0, 0.1) is 5.92 Å². The van der Waals surface area contributed by atoms with Gasteiger partial charge in [-0.15, -0.1) is 0 Å². The zero-order valence-electron chi connectivity index (χ0n) is 11.0. The first-order chi connectivity index (χ1) is 8.66. The van der Waals surface area contributed by atoms with Gasteiger partial charge >= 0.3 is 0 Å². The molecule has 0 aliphatic heterocycles. The standard InChI is InChI=1S/C13H21N5/c1-11(2)7-12(14)13-8-16-10-18(13)6-5-17-4-3-15-9-17/h3-4,8-12H,5-7,14H2,1-2H3. The monoisotopic (exact) mass is 247 g/mol. The molecule has 0 fully saturated rings. The predicted molar refractivity (Wildman–Crippen MR) is 70.8 cm³/mol. The van der Waals surface area contributed by atoms with E-state index in [0.29, 0.717) is 5.92 Å². The van der Waals surface area contributed by atoms with E-state index in [9.17, 15) is 0 Å². The highest BCUT2D eigenvalue weighted by Gasteiger charge is 2.12. The largest absolute Gasteiger partial charge is 0.336 e. The Balaban J connectivity index is 1.99. The summed E-state index contributed by atoms with van der Waals surface area (Å²) in [6, 6.07) is 0.0651. The summed E-state index contributed by atoms with van der Waals surface area (Å²) in [5, 5.41) is 0.